The number of aryl methyl sites for hydroxylation is 3. The molecule has 15 rings (SSSR count). The van der Waals surface area contributed by atoms with Crippen LogP contribution in [0.25, 0.3) is 60.3 Å². The molecule has 1 aliphatic carbocycles. The maximum atomic E-state index is 15.3. The predicted octanol–water partition coefficient (Wildman–Crippen LogP) is 11.6. The molecule has 0 saturated carbocycles. The van der Waals surface area contributed by atoms with Gasteiger partial charge in [-0.1, -0.05) is 30.8 Å². The number of piperidine rings is 2. The number of carbonyl (C=O) groups excluding carboxylic acids is 4. The third-order valence-electron chi connectivity index (χ3n) is 19.0. The van der Waals surface area contributed by atoms with Gasteiger partial charge in [-0.2, -0.15) is 30.2 Å². The van der Waals surface area contributed by atoms with Crippen molar-refractivity contribution in [1.82, 2.24) is 63.6 Å². The molecule has 0 radical (unpaired) electrons. The van der Waals surface area contributed by atoms with Crippen molar-refractivity contribution in [3.63, 3.8) is 0 Å². The standard InChI is InChI=1S/C34H33FN6O4S.C22H20F2N6O2.C21H19ClN8O3/c1-3-22(43)8-7-13-36-30-11-6-12-31(39-30)38-27-14-20(18-40(2)33(27)44)24-15-21(35)16-28(26(24)19-42)41-34(45)32-25(17-37-41)23-9-4-5-10-29(23)46-32;23-14-5-8-18(17(24)10-14)32-16-6-3-13(4-7-16)20-19(22(27)31)21(26)30(28-20)15-2-1-9-29(11-15)12-25;1-2-15(31)29-7-3-4-12(9-29)30-19-16(18(23)24-10-25-19)17(28-30)20(32)27-21-26-13-8-11(22)5-6-14(13)33-21/h3,6,11-12,14-18,42H,1,4-5,7-10,13,19H2,2H3,(H2,36,38,39);3-8,10,15H,1-2,9,11,26H2,(H2,27,31);2,5-6,8,10,12H,1,3-4,7,9H2,(H2,23,24,25)(H,26,27,32)/t;;12-/m..1/s1. The first-order valence-corrected chi connectivity index (χ1v) is 36.4. The fourth-order valence-corrected chi connectivity index (χ4v) is 15.1. The van der Waals surface area contributed by atoms with Gasteiger partial charge < -0.3 is 56.5 Å². The average molecular weight is 1550 g/mol. The topological polar surface area (TPSA) is 399 Å². The zero-order chi connectivity index (χ0) is 78.3. The molecule has 10 N–H and O–H groups in total. The van der Waals surface area contributed by atoms with Crippen molar-refractivity contribution in [3.8, 4) is 45.8 Å². The van der Waals surface area contributed by atoms with E-state index < -0.39 is 35.9 Å². The quantitative estimate of drug-likeness (QED) is 0.0212. The molecule has 12 aromatic rings. The summed E-state index contributed by atoms with van der Waals surface area (Å²) >= 11 is 7.45. The molecule has 2 aliphatic heterocycles. The molecule has 1 unspecified atom stereocenters. The van der Waals surface area contributed by atoms with Gasteiger partial charge in [-0.05, 0) is 160 Å². The molecule has 0 bridgehead atoms. The van der Waals surface area contributed by atoms with E-state index in [4.69, 9.17) is 38.0 Å². The molecule has 111 heavy (non-hydrogen) atoms. The van der Waals surface area contributed by atoms with Gasteiger partial charge in [-0.3, -0.25) is 34.1 Å². The zero-order valence-corrected chi connectivity index (χ0v) is 61.2. The van der Waals surface area contributed by atoms with Crippen molar-refractivity contribution < 1.29 is 46.6 Å². The number of amides is 3. The number of oxazole rings is 1. The summed E-state index contributed by atoms with van der Waals surface area (Å²) in [7, 11) is 1.57. The van der Waals surface area contributed by atoms with E-state index in [1.807, 2.05) is 0 Å². The molecule has 2 saturated heterocycles. The number of halogens is 4. The highest BCUT2D eigenvalue weighted by molar-refractivity contribution is 7.19. The Labute approximate surface area is 639 Å². The lowest BCUT2D eigenvalue weighted by Gasteiger charge is -2.32. The Morgan fingerprint density at radius 2 is 1.63 bits per heavy atom. The highest BCUT2D eigenvalue weighted by Crippen LogP contribution is 2.39. The highest BCUT2D eigenvalue weighted by Gasteiger charge is 2.32. The Kier molecular flexibility index (Phi) is 22.8. The van der Waals surface area contributed by atoms with Crippen LogP contribution in [0.15, 0.2) is 155 Å². The fraction of sp³-hybridized carbons (Fsp3) is 0.247. The number of rotatable bonds is 20. The number of allylic oxidation sites excluding steroid dienone is 1. The molecule has 29 nitrogen and oxygen atoms in total. The van der Waals surface area contributed by atoms with Gasteiger partial charge in [-0.15, -0.1) is 11.3 Å². The van der Waals surface area contributed by atoms with Crippen molar-refractivity contribution in [3.05, 3.63) is 212 Å². The number of aliphatic hydroxyl groups excluding tert-OH is 1. The van der Waals surface area contributed by atoms with Crippen molar-refractivity contribution in [1.29, 1.82) is 5.26 Å². The second-order valence-corrected chi connectivity index (χ2v) is 27.8. The number of ketones is 1. The number of nitrogens with zero attached hydrogens (tertiary/aromatic N) is 14. The molecule has 34 heteroatoms. The number of anilines is 6. The van der Waals surface area contributed by atoms with Gasteiger partial charge in [0.25, 0.3) is 22.9 Å². The van der Waals surface area contributed by atoms with Gasteiger partial charge in [0.1, 0.15) is 74.1 Å². The summed E-state index contributed by atoms with van der Waals surface area (Å²) in [6.45, 7) is 9.21. The number of nitrogens with one attached hydrogen (secondary N) is 3. The predicted molar refractivity (Wildman–Crippen MR) is 413 cm³/mol. The van der Waals surface area contributed by atoms with Crippen LogP contribution in [0.2, 0.25) is 5.02 Å². The SMILES string of the molecule is C=CC(=O)CCCNc1cccc(Nc2cc(-c3cc(F)cc(-n4ncc5c6c(sc5c4=O)CCCC6)c3CO)cn(C)c2=O)n1.C=CC(=O)N1CCC[C@@H](n2nc(C(=O)Nc3nc4cc(Cl)ccc4o3)c3c(N)ncnc32)C1.N#CN1CCCC(n2nc(-c3ccc(Oc4ccc(F)cc4F)cc3)c(C(N)=O)c2N)C1. The lowest BCUT2D eigenvalue weighted by molar-refractivity contribution is -0.127. The van der Waals surface area contributed by atoms with Gasteiger partial charge in [0.05, 0.1) is 42.5 Å². The molecule has 3 amide bonds. The second-order valence-electron chi connectivity index (χ2n) is 26.3. The molecule has 10 heterocycles. The van der Waals surface area contributed by atoms with E-state index in [0.29, 0.717) is 123 Å². The lowest BCUT2D eigenvalue weighted by atomic mass is 9.97. The van der Waals surface area contributed by atoms with E-state index in [9.17, 15) is 47.9 Å². The van der Waals surface area contributed by atoms with E-state index >= 15 is 4.39 Å². The minimum Gasteiger partial charge on any atom is -0.454 e. The number of aliphatic hydroxyl groups is 1. The van der Waals surface area contributed by atoms with Crippen LogP contribution in [0, 0.1) is 28.9 Å². The molecule has 2 atom stereocenters. The minimum absolute atomic E-state index is 0.00388. The Bertz CT molecular complexity index is 5810. The van der Waals surface area contributed by atoms with Crippen molar-refractivity contribution in [2.45, 2.75) is 82.9 Å². The summed E-state index contributed by atoms with van der Waals surface area (Å²) in [6.07, 6.45) is 17.3. The van der Waals surface area contributed by atoms with Gasteiger partial charge >= 0.3 is 6.01 Å². The Morgan fingerprint density at radius 1 is 0.856 bits per heavy atom. The van der Waals surface area contributed by atoms with Crippen LogP contribution in [0.4, 0.5) is 48.1 Å². The third kappa shape index (κ3) is 16.5. The lowest BCUT2D eigenvalue weighted by Crippen LogP contribution is -2.40. The number of pyridine rings is 2. The maximum Gasteiger partial charge on any atom is 0.302 e. The number of aromatic nitrogens is 11. The van der Waals surface area contributed by atoms with E-state index in [0.717, 1.165) is 73.6 Å². The van der Waals surface area contributed by atoms with E-state index in [1.165, 1.54) is 63.0 Å². The minimum atomic E-state index is -0.824. The van der Waals surface area contributed by atoms with Crippen LogP contribution in [0.1, 0.15) is 100 Å². The number of nitriles is 1. The molecular weight excluding hydrogens is 1470 g/mol. The number of nitrogens with two attached hydrogens (primary N) is 3. The van der Waals surface area contributed by atoms with E-state index in [2.05, 4.69) is 70.5 Å². The van der Waals surface area contributed by atoms with Crippen LogP contribution in [-0.2, 0) is 36.1 Å². The molecule has 8 aromatic heterocycles. The number of thiophene rings is 1. The monoisotopic (exact) mass is 1540 g/mol. The Hall–Kier alpha value is -13.1. The molecule has 568 valence electrons. The summed E-state index contributed by atoms with van der Waals surface area (Å²) in [5.41, 5.74) is 22.1. The van der Waals surface area contributed by atoms with Crippen molar-refractivity contribution >= 4 is 114 Å². The largest absolute Gasteiger partial charge is 0.454 e. The van der Waals surface area contributed by atoms with E-state index in [-0.39, 0.29) is 80.9 Å². The molecule has 0 spiro atoms. The molecule has 2 fully saturated rings. The smallest absolute Gasteiger partial charge is 0.302 e. The van der Waals surface area contributed by atoms with Gasteiger partial charge in [0.15, 0.2) is 40.5 Å². The van der Waals surface area contributed by atoms with Crippen LogP contribution < -0.4 is 49.0 Å². The summed E-state index contributed by atoms with van der Waals surface area (Å²) in [5, 5.41) is 43.7. The average Bonchev–Trinajstić information content (AvgIpc) is 1.71. The molecule has 3 aliphatic rings. The fourth-order valence-electron chi connectivity index (χ4n) is 13.6. The van der Waals surface area contributed by atoms with E-state index in [1.54, 1.807) is 105 Å². The first-order valence-electron chi connectivity index (χ1n) is 35.2. The number of primary amides is 1. The number of likely N-dealkylation sites (tertiary alicyclic amines) is 2. The van der Waals surface area contributed by atoms with Crippen molar-refractivity contribution in [2.24, 2.45) is 12.8 Å². The first kappa shape index (κ1) is 76.1. The summed E-state index contributed by atoms with van der Waals surface area (Å²) in [6, 6.07) is 23.3. The zero-order valence-electron chi connectivity index (χ0n) is 59.6. The Balaban J connectivity index is 0.000000150. The maximum absolute atomic E-state index is 15.3. The van der Waals surface area contributed by atoms with Crippen LogP contribution >= 0.6 is 22.9 Å². The second kappa shape index (κ2) is 33.2. The number of benzene rings is 4. The summed E-state index contributed by atoms with van der Waals surface area (Å²) in [5.74, 6) is -2.22. The van der Waals surface area contributed by atoms with Gasteiger partial charge in [-0.25, -0.2) is 37.5 Å². The highest BCUT2D eigenvalue weighted by atomic mass is 35.5. The number of hydrogen-bond acceptors (Lipinski definition) is 23. The number of ether oxygens (including phenoxy) is 1. The summed E-state index contributed by atoms with van der Waals surface area (Å²) < 4.78 is 59.5. The summed E-state index contributed by atoms with van der Waals surface area (Å²) in [4.78, 5) is 97.3. The van der Waals surface area contributed by atoms with Crippen LogP contribution in [0.3, 0.4) is 0 Å². The Morgan fingerprint density at radius 3 is 2.39 bits per heavy atom. The third-order valence-corrected chi connectivity index (χ3v) is 20.5. The molecular formula is C77H72ClF3N20O9S. The molecule has 4 aromatic carbocycles. The number of hydrogen-bond donors (Lipinski definition) is 7. The first-order chi connectivity index (χ1) is 53.6. The van der Waals surface area contributed by atoms with Crippen LogP contribution in [0.5, 0.6) is 11.5 Å². The van der Waals surface area contributed by atoms with Gasteiger partial charge in [0, 0.05) is 90.0 Å². The van der Waals surface area contributed by atoms with Gasteiger partial charge in [0.2, 0.25) is 5.91 Å². The van der Waals surface area contributed by atoms with Crippen molar-refractivity contribution in [2.75, 3.05) is 60.1 Å². The number of nitrogen functional groups attached to an aromatic ring is 2. The normalized spacial score (nSPS) is 14.6. The number of fused-ring (bicyclic) bond motifs is 5. The number of carbonyl (C=O) groups is 4. The van der Waals surface area contributed by atoms with Crippen LogP contribution in [-0.4, -0.2) is 125 Å².